The topological polar surface area (TPSA) is 87.7 Å². The number of benzene rings is 1. The minimum absolute atomic E-state index is 0.181. The highest BCUT2D eigenvalue weighted by molar-refractivity contribution is 6.24. The fourth-order valence-electron chi connectivity index (χ4n) is 5.36. The van der Waals surface area contributed by atoms with Crippen LogP contribution in [-0.4, -0.2) is 122 Å². The van der Waals surface area contributed by atoms with Crippen molar-refractivity contribution in [3.63, 3.8) is 0 Å². The highest BCUT2D eigenvalue weighted by Gasteiger charge is 2.45. The molecule has 2 atom stereocenters. The molecule has 0 saturated carbocycles. The fraction of sp³-hybridized carbons (Fsp3) is 0.583. The van der Waals surface area contributed by atoms with Crippen LogP contribution in [0.3, 0.4) is 0 Å². The summed E-state index contributed by atoms with van der Waals surface area (Å²) in [6.45, 7) is 6.56. The summed E-state index contributed by atoms with van der Waals surface area (Å²) >= 11 is 0. The van der Waals surface area contributed by atoms with E-state index in [1.165, 1.54) is 9.80 Å². The largest absolute Gasteiger partial charge is 0.304 e. The Balaban J connectivity index is 1.28. The molecule has 2 unspecified atom stereocenters. The Labute approximate surface area is 199 Å². The number of rotatable bonds is 4. The van der Waals surface area contributed by atoms with E-state index >= 15 is 0 Å². The molecule has 4 heterocycles. The summed E-state index contributed by atoms with van der Waals surface area (Å²) in [5.74, 6) is -0.841. The number of piperazine rings is 2. The lowest BCUT2D eigenvalue weighted by Gasteiger charge is -2.35. The summed E-state index contributed by atoms with van der Waals surface area (Å²) in [4.78, 5) is 62.8. The van der Waals surface area contributed by atoms with Crippen LogP contribution in [0.15, 0.2) is 24.3 Å². The Bertz CT molecular complexity index is 903. The monoisotopic (exact) mass is 468 g/mol. The first-order valence-corrected chi connectivity index (χ1v) is 12.0. The second-order valence-electron chi connectivity index (χ2n) is 9.77. The van der Waals surface area contributed by atoms with Gasteiger partial charge in [0.25, 0.3) is 11.8 Å². The van der Waals surface area contributed by atoms with E-state index < -0.39 is 12.1 Å². The molecule has 4 amide bonds. The van der Waals surface area contributed by atoms with Crippen LogP contribution >= 0.6 is 0 Å². The van der Waals surface area contributed by atoms with E-state index in [0.717, 1.165) is 52.4 Å². The number of hydrogen-bond donors (Lipinski definition) is 0. The van der Waals surface area contributed by atoms with Crippen LogP contribution in [-0.2, 0) is 19.2 Å². The summed E-state index contributed by atoms with van der Waals surface area (Å²) in [5.41, 5.74) is 0.954. The van der Waals surface area contributed by atoms with Gasteiger partial charge in [0.1, 0.15) is 0 Å². The number of carbonyl (C=O) groups excluding carboxylic acids is 4. The number of likely N-dealkylation sites (N-methyl/N-ethyl adjacent to an activating group) is 2. The quantitative estimate of drug-likeness (QED) is 0.544. The van der Waals surface area contributed by atoms with Crippen molar-refractivity contribution in [2.45, 2.75) is 24.9 Å². The first-order valence-electron chi connectivity index (χ1n) is 12.0. The van der Waals surface area contributed by atoms with Gasteiger partial charge in [-0.3, -0.25) is 29.0 Å². The van der Waals surface area contributed by atoms with Gasteiger partial charge in [-0.15, -0.1) is 0 Å². The van der Waals surface area contributed by atoms with E-state index in [0.29, 0.717) is 11.4 Å². The molecule has 0 N–H and O–H groups in total. The standard InChI is InChI=1S/C24H32N6O4/c1-25-7-11-27(12-8-25)19-15-21(31)29(23(19)33)17-3-5-18(6-4-17)30-22(32)16-20(24(30)34)28-13-9-26(2)10-14-28/h3-6,19-20H,7-16H2,1-2H3. The number of carbonyl (C=O) groups is 4. The molecular formula is C24H32N6O4. The molecule has 182 valence electrons. The van der Waals surface area contributed by atoms with E-state index in [1.54, 1.807) is 24.3 Å². The fourth-order valence-corrected chi connectivity index (χ4v) is 5.36. The molecule has 0 radical (unpaired) electrons. The molecule has 1 aromatic rings. The van der Waals surface area contributed by atoms with Crippen molar-refractivity contribution in [1.29, 1.82) is 0 Å². The van der Waals surface area contributed by atoms with Gasteiger partial charge in [0.2, 0.25) is 11.8 Å². The zero-order valence-electron chi connectivity index (χ0n) is 19.9. The van der Waals surface area contributed by atoms with Crippen molar-refractivity contribution in [2.75, 3.05) is 76.3 Å². The summed E-state index contributed by atoms with van der Waals surface area (Å²) in [7, 11) is 4.10. The maximum absolute atomic E-state index is 13.1. The third-order valence-electron chi connectivity index (χ3n) is 7.57. The molecule has 1 aromatic carbocycles. The number of amides is 4. The Morgan fingerprint density at radius 2 is 0.882 bits per heavy atom. The van der Waals surface area contributed by atoms with Gasteiger partial charge in [-0.05, 0) is 38.4 Å². The number of imide groups is 2. The van der Waals surface area contributed by atoms with Gasteiger partial charge >= 0.3 is 0 Å². The molecule has 10 heteroatoms. The molecule has 0 aliphatic carbocycles. The van der Waals surface area contributed by atoms with Gasteiger partial charge in [0.05, 0.1) is 36.3 Å². The van der Waals surface area contributed by atoms with E-state index in [1.807, 2.05) is 0 Å². The summed E-state index contributed by atoms with van der Waals surface area (Å²) in [6.07, 6.45) is 0.361. The van der Waals surface area contributed by atoms with Crippen molar-refractivity contribution in [1.82, 2.24) is 19.6 Å². The first-order chi connectivity index (χ1) is 16.3. The van der Waals surface area contributed by atoms with Gasteiger partial charge in [-0.1, -0.05) is 0 Å². The minimum atomic E-state index is -0.424. The summed E-state index contributed by atoms with van der Waals surface area (Å²) in [6, 6.07) is 5.77. The molecular weight excluding hydrogens is 436 g/mol. The van der Waals surface area contributed by atoms with Crippen LogP contribution in [0.5, 0.6) is 0 Å². The van der Waals surface area contributed by atoms with Crippen molar-refractivity contribution in [2.24, 2.45) is 0 Å². The van der Waals surface area contributed by atoms with Crippen molar-refractivity contribution in [3.05, 3.63) is 24.3 Å². The van der Waals surface area contributed by atoms with E-state index in [-0.39, 0.29) is 36.5 Å². The molecule has 0 aromatic heterocycles. The molecule has 4 aliphatic rings. The summed E-state index contributed by atoms with van der Waals surface area (Å²) in [5, 5.41) is 0. The van der Waals surface area contributed by atoms with Crippen molar-refractivity contribution >= 4 is 35.0 Å². The molecule has 0 spiro atoms. The summed E-state index contributed by atoms with van der Waals surface area (Å²) < 4.78 is 0. The number of hydrogen-bond acceptors (Lipinski definition) is 8. The van der Waals surface area contributed by atoms with Crippen molar-refractivity contribution < 1.29 is 19.2 Å². The normalized spacial score (nSPS) is 28.5. The van der Waals surface area contributed by atoms with Gasteiger partial charge in [-0.25, -0.2) is 9.80 Å². The van der Waals surface area contributed by atoms with E-state index in [9.17, 15) is 19.2 Å². The SMILES string of the molecule is CN1CCN(C2CC(=O)N(c3ccc(N4C(=O)CC(N5CCN(C)CC5)C4=O)cc3)C2=O)CC1. The Morgan fingerprint density at radius 1 is 0.559 bits per heavy atom. The Kier molecular flexibility index (Phi) is 6.24. The first kappa shape index (κ1) is 23.1. The third-order valence-corrected chi connectivity index (χ3v) is 7.57. The lowest BCUT2D eigenvalue weighted by Crippen LogP contribution is -2.51. The number of nitrogens with zero attached hydrogens (tertiary/aromatic N) is 6. The highest BCUT2D eigenvalue weighted by Crippen LogP contribution is 2.31. The second kappa shape index (κ2) is 9.18. The molecule has 4 saturated heterocycles. The van der Waals surface area contributed by atoms with E-state index in [2.05, 4.69) is 33.7 Å². The van der Waals surface area contributed by atoms with Crippen LogP contribution in [0.25, 0.3) is 0 Å². The van der Waals surface area contributed by atoms with Crippen LogP contribution in [0.4, 0.5) is 11.4 Å². The van der Waals surface area contributed by atoms with Crippen LogP contribution in [0, 0.1) is 0 Å². The van der Waals surface area contributed by atoms with Crippen molar-refractivity contribution in [3.8, 4) is 0 Å². The third kappa shape index (κ3) is 4.15. The van der Waals surface area contributed by atoms with Crippen LogP contribution in [0.2, 0.25) is 0 Å². The predicted molar refractivity (Wildman–Crippen MR) is 126 cm³/mol. The van der Waals surface area contributed by atoms with Gasteiger partial charge in [0, 0.05) is 52.4 Å². The van der Waals surface area contributed by atoms with Gasteiger partial charge < -0.3 is 9.80 Å². The zero-order valence-corrected chi connectivity index (χ0v) is 19.9. The van der Waals surface area contributed by atoms with Crippen LogP contribution in [0.1, 0.15) is 12.8 Å². The van der Waals surface area contributed by atoms with E-state index in [4.69, 9.17) is 0 Å². The Morgan fingerprint density at radius 3 is 1.21 bits per heavy atom. The zero-order chi connectivity index (χ0) is 24.0. The van der Waals surface area contributed by atoms with Crippen LogP contribution < -0.4 is 9.80 Å². The molecule has 4 fully saturated rings. The van der Waals surface area contributed by atoms with Gasteiger partial charge in [-0.2, -0.15) is 0 Å². The average Bonchev–Trinajstić information content (AvgIpc) is 3.29. The highest BCUT2D eigenvalue weighted by atomic mass is 16.2. The predicted octanol–water partition coefficient (Wildman–Crippen LogP) is -0.555. The number of anilines is 2. The Hall–Kier alpha value is -2.66. The lowest BCUT2D eigenvalue weighted by atomic mass is 10.2. The maximum Gasteiger partial charge on any atom is 0.251 e. The molecule has 5 rings (SSSR count). The minimum Gasteiger partial charge on any atom is -0.304 e. The smallest absolute Gasteiger partial charge is 0.251 e. The molecule has 4 aliphatic heterocycles. The van der Waals surface area contributed by atoms with Gasteiger partial charge in [0.15, 0.2) is 0 Å². The molecule has 10 nitrogen and oxygen atoms in total. The lowest BCUT2D eigenvalue weighted by molar-refractivity contribution is -0.124. The molecule has 0 bridgehead atoms. The second-order valence-corrected chi connectivity index (χ2v) is 9.77. The average molecular weight is 469 g/mol. The maximum atomic E-state index is 13.1. The molecule has 34 heavy (non-hydrogen) atoms.